The van der Waals surface area contributed by atoms with Gasteiger partial charge in [0.1, 0.15) is 11.5 Å². The van der Waals surface area contributed by atoms with E-state index in [9.17, 15) is 5.11 Å². The molecule has 1 aliphatic rings. The second kappa shape index (κ2) is 5.41. The highest BCUT2D eigenvalue weighted by Crippen LogP contribution is 2.34. The monoisotopic (exact) mass is 235 g/mol. The van der Waals surface area contributed by atoms with E-state index < -0.39 is 0 Å². The van der Waals surface area contributed by atoms with E-state index in [1.807, 2.05) is 6.07 Å². The van der Waals surface area contributed by atoms with Crippen LogP contribution >= 0.6 is 0 Å². The lowest BCUT2D eigenvalue weighted by atomic mass is 9.96. The van der Waals surface area contributed by atoms with E-state index in [1.54, 1.807) is 12.1 Å². The molecule has 0 spiro atoms. The lowest BCUT2D eigenvalue weighted by Gasteiger charge is -2.16. The normalized spacial score (nSPS) is 16.8. The first-order valence-corrected chi connectivity index (χ1v) is 6.36. The Hall–Kier alpha value is -1.22. The Morgan fingerprint density at radius 1 is 1.47 bits per heavy atom. The molecule has 3 heteroatoms. The van der Waals surface area contributed by atoms with Crippen LogP contribution in [0, 0.1) is 5.92 Å². The van der Waals surface area contributed by atoms with Crippen LogP contribution in [0.15, 0.2) is 18.2 Å². The van der Waals surface area contributed by atoms with Crippen molar-refractivity contribution >= 4 is 0 Å². The second-order valence-corrected chi connectivity index (χ2v) is 4.95. The van der Waals surface area contributed by atoms with Crippen molar-refractivity contribution in [3.05, 3.63) is 23.8 Å². The molecule has 1 unspecified atom stereocenters. The maximum absolute atomic E-state index is 9.56. The van der Waals surface area contributed by atoms with E-state index in [4.69, 9.17) is 10.5 Å². The molecule has 1 fully saturated rings. The molecule has 3 N–H and O–H groups in total. The number of aromatic hydroxyl groups is 1. The molecule has 0 aliphatic heterocycles. The van der Waals surface area contributed by atoms with Crippen molar-refractivity contribution in [2.24, 2.45) is 11.7 Å². The van der Waals surface area contributed by atoms with Crippen LogP contribution < -0.4 is 10.5 Å². The minimum absolute atomic E-state index is 0.294. The first-order chi connectivity index (χ1) is 8.20. The molecule has 1 atom stereocenters. The first-order valence-electron chi connectivity index (χ1n) is 6.36. The molecule has 1 aromatic carbocycles. The van der Waals surface area contributed by atoms with E-state index >= 15 is 0 Å². The number of phenolic OH excluding ortho intramolecular Hbond substituents is 1. The molecule has 0 heterocycles. The van der Waals surface area contributed by atoms with Crippen molar-refractivity contribution in [3.8, 4) is 11.5 Å². The molecule has 1 saturated carbocycles. The maximum atomic E-state index is 9.56. The number of phenols is 1. The van der Waals surface area contributed by atoms with Crippen molar-refractivity contribution < 1.29 is 9.84 Å². The summed E-state index contributed by atoms with van der Waals surface area (Å²) >= 11 is 0. The lowest BCUT2D eigenvalue weighted by molar-refractivity contribution is 0.294. The van der Waals surface area contributed by atoms with Gasteiger partial charge in [-0.1, -0.05) is 6.92 Å². The fraction of sp³-hybridized carbons (Fsp3) is 0.571. The van der Waals surface area contributed by atoms with E-state index in [0.29, 0.717) is 18.2 Å². The second-order valence-electron chi connectivity index (χ2n) is 4.95. The molecule has 0 radical (unpaired) electrons. The Morgan fingerprint density at radius 2 is 2.24 bits per heavy atom. The van der Waals surface area contributed by atoms with Gasteiger partial charge in [0.25, 0.3) is 0 Å². The maximum Gasteiger partial charge on any atom is 0.123 e. The molecule has 0 amide bonds. The zero-order valence-corrected chi connectivity index (χ0v) is 10.4. The van der Waals surface area contributed by atoms with Crippen LogP contribution in [0.1, 0.15) is 37.7 Å². The highest BCUT2D eigenvalue weighted by Gasteiger charge is 2.23. The fourth-order valence-corrected chi connectivity index (χ4v) is 1.95. The number of hydrogen-bond acceptors (Lipinski definition) is 3. The van der Waals surface area contributed by atoms with Gasteiger partial charge in [0.15, 0.2) is 0 Å². The number of nitrogens with two attached hydrogens (primary N) is 1. The van der Waals surface area contributed by atoms with Crippen LogP contribution in [0.5, 0.6) is 11.5 Å². The van der Waals surface area contributed by atoms with E-state index in [1.165, 1.54) is 12.8 Å². The zero-order valence-electron chi connectivity index (χ0n) is 10.4. The Balaban J connectivity index is 2.10. The van der Waals surface area contributed by atoms with Crippen LogP contribution in [0.2, 0.25) is 0 Å². The van der Waals surface area contributed by atoms with Gasteiger partial charge < -0.3 is 15.6 Å². The molecular weight excluding hydrogens is 214 g/mol. The van der Waals surface area contributed by atoms with Gasteiger partial charge in [0.05, 0.1) is 6.61 Å². The van der Waals surface area contributed by atoms with E-state index in [0.717, 1.165) is 30.3 Å². The fourth-order valence-electron chi connectivity index (χ4n) is 1.95. The third-order valence-corrected chi connectivity index (χ3v) is 3.30. The quantitative estimate of drug-likeness (QED) is 0.797. The Kier molecular flexibility index (Phi) is 3.89. The summed E-state index contributed by atoms with van der Waals surface area (Å²) in [6.07, 6.45) is 3.47. The van der Waals surface area contributed by atoms with Crippen molar-refractivity contribution in [1.82, 2.24) is 0 Å². The van der Waals surface area contributed by atoms with E-state index in [2.05, 4.69) is 6.92 Å². The summed E-state index contributed by atoms with van der Waals surface area (Å²) in [5.74, 6) is 2.25. The number of benzene rings is 1. The van der Waals surface area contributed by atoms with Gasteiger partial charge in [0.2, 0.25) is 0 Å². The van der Waals surface area contributed by atoms with Crippen molar-refractivity contribution in [2.75, 3.05) is 13.2 Å². The molecular formula is C14H21NO2. The van der Waals surface area contributed by atoms with Gasteiger partial charge in [-0.25, -0.2) is 0 Å². The largest absolute Gasteiger partial charge is 0.508 e. The Bertz CT molecular complexity index is 374. The molecule has 0 saturated heterocycles. The molecule has 3 nitrogen and oxygen atoms in total. The Morgan fingerprint density at radius 3 is 2.88 bits per heavy atom. The van der Waals surface area contributed by atoms with Gasteiger partial charge in [-0.3, -0.25) is 0 Å². The summed E-state index contributed by atoms with van der Waals surface area (Å²) in [5.41, 5.74) is 6.65. The van der Waals surface area contributed by atoms with Crippen molar-refractivity contribution in [2.45, 2.75) is 32.1 Å². The molecule has 0 bridgehead atoms. The number of ether oxygens (including phenoxy) is 1. The highest BCUT2D eigenvalue weighted by atomic mass is 16.5. The van der Waals surface area contributed by atoms with Crippen LogP contribution in [0.25, 0.3) is 0 Å². The Labute approximate surface area is 103 Å². The summed E-state index contributed by atoms with van der Waals surface area (Å²) in [6.45, 7) is 3.57. The van der Waals surface area contributed by atoms with Crippen molar-refractivity contribution in [1.29, 1.82) is 0 Å². The summed E-state index contributed by atoms with van der Waals surface area (Å²) in [7, 11) is 0. The van der Waals surface area contributed by atoms with Gasteiger partial charge in [-0.15, -0.1) is 0 Å². The van der Waals surface area contributed by atoms with Crippen molar-refractivity contribution in [3.63, 3.8) is 0 Å². The predicted octanol–water partition coefficient (Wildman–Crippen LogP) is 2.63. The van der Waals surface area contributed by atoms with E-state index in [-0.39, 0.29) is 0 Å². The molecule has 1 aromatic rings. The molecule has 2 rings (SSSR count). The molecule has 1 aliphatic carbocycles. The zero-order chi connectivity index (χ0) is 12.3. The van der Waals surface area contributed by atoms with Gasteiger partial charge in [0, 0.05) is 5.56 Å². The average molecular weight is 235 g/mol. The van der Waals surface area contributed by atoms with Gasteiger partial charge in [-0.05, 0) is 55.8 Å². The van der Waals surface area contributed by atoms with Crippen LogP contribution in [0.4, 0.5) is 0 Å². The highest BCUT2D eigenvalue weighted by molar-refractivity contribution is 5.41. The van der Waals surface area contributed by atoms with Crippen LogP contribution in [-0.4, -0.2) is 18.3 Å². The summed E-state index contributed by atoms with van der Waals surface area (Å²) in [4.78, 5) is 0. The summed E-state index contributed by atoms with van der Waals surface area (Å²) in [6, 6.07) is 5.34. The number of hydrogen-bond donors (Lipinski definition) is 2. The smallest absolute Gasteiger partial charge is 0.123 e. The number of rotatable bonds is 6. The van der Waals surface area contributed by atoms with Gasteiger partial charge in [-0.2, -0.15) is 0 Å². The minimum Gasteiger partial charge on any atom is -0.508 e. The SMILES string of the molecule is CC(CCN)c1cc(O)ccc1OCC1CC1. The molecule has 94 valence electrons. The molecule has 0 aromatic heterocycles. The third kappa shape index (κ3) is 3.37. The van der Waals surface area contributed by atoms with Crippen LogP contribution in [-0.2, 0) is 0 Å². The standard InChI is InChI=1S/C14H21NO2/c1-10(6-7-15)13-8-12(16)4-5-14(13)17-9-11-2-3-11/h4-5,8,10-11,16H,2-3,6-7,9,15H2,1H3. The molecule has 17 heavy (non-hydrogen) atoms. The average Bonchev–Trinajstić information content (AvgIpc) is 3.11. The topological polar surface area (TPSA) is 55.5 Å². The predicted molar refractivity (Wildman–Crippen MR) is 68.4 cm³/mol. The lowest BCUT2D eigenvalue weighted by Crippen LogP contribution is -2.07. The minimum atomic E-state index is 0.294. The van der Waals surface area contributed by atoms with Gasteiger partial charge >= 0.3 is 0 Å². The van der Waals surface area contributed by atoms with Crippen LogP contribution in [0.3, 0.4) is 0 Å². The summed E-state index contributed by atoms with van der Waals surface area (Å²) in [5, 5.41) is 9.56. The summed E-state index contributed by atoms with van der Waals surface area (Å²) < 4.78 is 5.83. The first kappa shape index (κ1) is 12.2. The third-order valence-electron chi connectivity index (χ3n) is 3.30.